The van der Waals surface area contributed by atoms with Crippen LogP contribution in [0.1, 0.15) is 0 Å². The number of nitrogens with zero attached hydrogens (tertiary/aromatic N) is 1. The molecule has 0 saturated carbocycles. The van der Waals surface area contributed by atoms with E-state index in [2.05, 4.69) is 156 Å². The van der Waals surface area contributed by atoms with Crippen molar-refractivity contribution in [1.29, 1.82) is 0 Å². The van der Waals surface area contributed by atoms with Crippen molar-refractivity contribution in [3.8, 4) is 39.1 Å². The molecule has 0 N–H and O–H groups in total. The maximum Gasteiger partial charge on any atom is 0.136 e. The molecule has 51 heavy (non-hydrogen) atoms. The van der Waals surface area contributed by atoms with E-state index in [0.717, 1.165) is 82.9 Å². The predicted molar refractivity (Wildman–Crippen MR) is 212 cm³/mol. The monoisotopic (exact) mass is 651 g/mol. The minimum Gasteiger partial charge on any atom is -0.456 e. The largest absolute Gasteiger partial charge is 0.456 e. The van der Waals surface area contributed by atoms with Crippen LogP contribution < -0.4 is 0 Å². The molecule has 0 amide bonds. The zero-order chi connectivity index (χ0) is 33.5. The Labute approximate surface area is 293 Å². The second-order valence-electron chi connectivity index (χ2n) is 13.3. The molecule has 0 aliphatic heterocycles. The van der Waals surface area contributed by atoms with E-state index in [1.807, 2.05) is 24.3 Å². The van der Waals surface area contributed by atoms with Crippen LogP contribution in [0.2, 0.25) is 0 Å². The molecule has 3 heteroatoms. The molecule has 0 fully saturated rings. The summed E-state index contributed by atoms with van der Waals surface area (Å²) in [4.78, 5) is 0. The van der Waals surface area contributed by atoms with Gasteiger partial charge in [-0.05, 0) is 94.0 Å². The van der Waals surface area contributed by atoms with E-state index < -0.39 is 0 Å². The highest BCUT2D eigenvalue weighted by molar-refractivity contribution is 6.21. The summed E-state index contributed by atoms with van der Waals surface area (Å²) in [6, 6.07) is 62.6. The van der Waals surface area contributed by atoms with Crippen LogP contribution >= 0.6 is 0 Å². The van der Waals surface area contributed by atoms with Gasteiger partial charge >= 0.3 is 0 Å². The summed E-state index contributed by atoms with van der Waals surface area (Å²) < 4.78 is 15.2. The first-order valence-corrected chi connectivity index (χ1v) is 17.3. The van der Waals surface area contributed by atoms with Crippen molar-refractivity contribution >= 4 is 65.7 Å². The van der Waals surface area contributed by atoms with Gasteiger partial charge in [-0.1, -0.05) is 115 Å². The first-order chi connectivity index (χ1) is 25.3. The van der Waals surface area contributed by atoms with Crippen molar-refractivity contribution < 1.29 is 8.83 Å². The van der Waals surface area contributed by atoms with Gasteiger partial charge < -0.3 is 13.4 Å². The molecule has 0 spiro atoms. The van der Waals surface area contributed by atoms with Gasteiger partial charge in [0.25, 0.3) is 0 Å². The van der Waals surface area contributed by atoms with Crippen molar-refractivity contribution in [2.24, 2.45) is 0 Å². The molecule has 0 atom stereocenters. The summed E-state index contributed by atoms with van der Waals surface area (Å²) in [5.74, 6) is 0. The lowest BCUT2D eigenvalue weighted by atomic mass is 9.94. The summed E-state index contributed by atoms with van der Waals surface area (Å²) >= 11 is 0. The number of fused-ring (bicyclic) bond motifs is 9. The molecule has 0 saturated heterocycles. The van der Waals surface area contributed by atoms with E-state index in [1.165, 1.54) is 21.9 Å². The minimum atomic E-state index is 0.889. The number of aromatic nitrogens is 1. The van der Waals surface area contributed by atoms with Gasteiger partial charge in [0.1, 0.15) is 22.3 Å². The normalized spacial score (nSPS) is 11.9. The maximum atomic E-state index is 6.39. The first-order valence-electron chi connectivity index (χ1n) is 17.3. The van der Waals surface area contributed by atoms with Crippen LogP contribution in [0.5, 0.6) is 0 Å². The highest BCUT2D eigenvalue weighted by Crippen LogP contribution is 2.45. The van der Waals surface area contributed by atoms with Gasteiger partial charge in [-0.3, -0.25) is 0 Å². The second-order valence-corrected chi connectivity index (χ2v) is 13.3. The second kappa shape index (κ2) is 10.8. The van der Waals surface area contributed by atoms with Gasteiger partial charge in [0, 0.05) is 38.0 Å². The SMILES string of the molecule is c1ccc(-c2cccc(-n3c4cccc(-c5ccc6c(c5)oc5ccccc56)c4c4c(-c5ccc6c(c5)oc5ccccc56)cccc43)c2)cc1. The Kier molecular flexibility index (Phi) is 5.96. The molecule has 0 unspecified atom stereocenters. The molecule has 8 aromatic carbocycles. The van der Waals surface area contributed by atoms with Crippen LogP contribution in [0.25, 0.3) is 105 Å². The average molecular weight is 652 g/mol. The Morgan fingerprint density at radius 1 is 0.314 bits per heavy atom. The van der Waals surface area contributed by atoms with E-state index in [1.54, 1.807) is 0 Å². The van der Waals surface area contributed by atoms with E-state index >= 15 is 0 Å². The Morgan fingerprint density at radius 2 is 0.804 bits per heavy atom. The number of furan rings is 2. The highest BCUT2D eigenvalue weighted by atomic mass is 16.3. The van der Waals surface area contributed by atoms with Crippen LogP contribution in [0.4, 0.5) is 0 Å². The van der Waals surface area contributed by atoms with Crippen LogP contribution in [0.15, 0.2) is 185 Å². The van der Waals surface area contributed by atoms with Crippen molar-refractivity contribution in [3.05, 3.63) is 176 Å². The molecule has 0 bridgehead atoms. The third-order valence-electron chi connectivity index (χ3n) is 10.4. The lowest BCUT2D eigenvalue weighted by Crippen LogP contribution is -1.94. The minimum absolute atomic E-state index is 0.889. The standard InChI is InChI=1S/C48H29NO2/c1-2-11-30(12-3-1)31-13-8-14-34(27-31)49-41-19-9-17-35(32-23-25-39-37-15-4-6-21-43(37)50-45(39)28-32)47(41)48-36(18-10-20-42(48)49)33-24-26-40-38-16-5-7-22-44(38)51-46(40)29-33/h1-29H. The summed E-state index contributed by atoms with van der Waals surface area (Å²) in [7, 11) is 0. The van der Waals surface area contributed by atoms with Crippen LogP contribution in [-0.2, 0) is 0 Å². The fraction of sp³-hybridized carbons (Fsp3) is 0. The smallest absolute Gasteiger partial charge is 0.136 e. The fourth-order valence-corrected chi connectivity index (χ4v) is 8.11. The molecule has 11 rings (SSSR count). The zero-order valence-electron chi connectivity index (χ0n) is 27.5. The fourth-order valence-electron chi connectivity index (χ4n) is 8.11. The Balaban J connectivity index is 1.21. The van der Waals surface area contributed by atoms with Crippen LogP contribution in [0, 0.1) is 0 Å². The maximum absolute atomic E-state index is 6.39. The third kappa shape index (κ3) is 4.25. The average Bonchev–Trinajstić information content (AvgIpc) is 3.87. The number of benzene rings is 8. The lowest BCUT2D eigenvalue weighted by molar-refractivity contribution is 0.668. The molecule has 3 heterocycles. The zero-order valence-corrected chi connectivity index (χ0v) is 27.5. The quantitative estimate of drug-likeness (QED) is 0.190. The summed E-state index contributed by atoms with van der Waals surface area (Å²) in [6.07, 6.45) is 0. The van der Waals surface area contributed by atoms with Gasteiger partial charge in [-0.15, -0.1) is 0 Å². The van der Waals surface area contributed by atoms with Gasteiger partial charge in [0.05, 0.1) is 11.0 Å². The number of para-hydroxylation sites is 2. The first kappa shape index (κ1) is 28.0. The topological polar surface area (TPSA) is 31.2 Å². The Hall–Kier alpha value is -6.84. The van der Waals surface area contributed by atoms with Crippen LogP contribution in [0.3, 0.4) is 0 Å². The predicted octanol–water partition coefficient (Wildman–Crippen LogP) is 13.6. The molecule has 0 aliphatic carbocycles. The Bertz CT molecular complexity index is 2970. The summed E-state index contributed by atoms with van der Waals surface area (Å²) in [6.45, 7) is 0. The van der Waals surface area contributed by atoms with E-state index in [0.29, 0.717) is 0 Å². The molecular formula is C48H29NO2. The van der Waals surface area contributed by atoms with E-state index in [-0.39, 0.29) is 0 Å². The molecule has 3 aromatic heterocycles. The van der Waals surface area contributed by atoms with Crippen molar-refractivity contribution in [2.75, 3.05) is 0 Å². The highest BCUT2D eigenvalue weighted by Gasteiger charge is 2.21. The summed E-state index contributed by atoms with van der Waals surface area (Å²) in [5, 5.41) is 6.93. The van der Waals surface area contributed by atoms with Gasteiger partial charge in [-0.2, -0.15) is 0 Å². The molecule has 11 aromatic rings. The van der Waals surface area contributed by atoms with E-state index in [9.17, 15) is 0 Å². The third-order valence-corrected chi connectivity index (χ3v) is 10.4. The number of rotatable bonds is 4. The van der Waals surface area contributed by atoms with Gasteiger partial charge in [0.15, 0.2) is 0 Å². The van der Waals surface area contributed by atoms with Crippen LogP contribution in [-0.4, -0.2) is 4.57 Å². The lowest BCUT2D eigenvalue weighted by Gasteiger charge is -2.11. The van der Waals surface area contributed by atoms with Crippen molar-refractivity contribution in [3.63, 3.8) is 0 Å². The van der Waals surface area contributed by atoms with Gasteiger partial charge in [-0.25, -0.2) is 0 Å². The number of hydrogen-bond acceptors (Lipinski definition) is 2. The van der Waals surface area contributed by atoms with Gasteiger partial charge in [0.2, 0.25) is 0 Å². The Morgan fingerprint density at radius 3 is 1.39 bits per heavy atom. The van der Waals surface area contributed by atoms with Crippen molar-refractivity contribution in [1.82, 2.24) is 4.57 Å². The molecular weight excluding hydrogens is 623 g/mol. The van der Waals surface area contributed by atoms with Crippen molar-refractivity contribution in [2.45, 2.75) is 0 Å². The molecule has 0 radical (unpaired) electrons. The number of hydrogen-bond donors (Lipinski definition) is 0. The molecule has 3 nitrogen and oxygen atoms in total. The molecule has 0 aliphatic rings. The summed E-state index contributed by atoms with van der Waals surface area (Å²) in [5.41, 5.74) is 13.9. The molecule has 238 valence electrons. The van der Waals surface area contributed by atoms with E-state index in [4.69, 9.17) is 8.83 Å².